The lowest BCUT2D eigenvalue weighted by atomic mass is 10.0. The highest BCUT2D eigenvalue weighted by Gasteiger charge is 2.31. The van der Waals surface area contributed by atoms with Crippen LogP contribution in [0.25, 0.3) is 11.6 Å². The second-order valence-electron chi connectivity index (χ2n) is 6.71. The zero-order valence-electron chi connectivity index (χ0n) is 15.7. The van der Waals surface area contributed by atoms with Gasteiger partial charge in [0.25, 0.3) is 10.0 Å². The van der Waals surface area contributed by atoms with Gasteiger partial charge in [0.1, 0.15) is 0 Å². The van der Waals surface area contributed by atoms with Crippen molar-refractivity contribution in [2.24, 2.45) is 4.99 Å². The molecule has 0 N–H and O–H groups in total. The van der Waals surface area contributed by atoms with E-state index in [1.165, 1.54) is 4.31 Å². The third-order valence-electron chi connectivity index (χ3n) is 4.75. The standard InChI is InChI=1S/C23H20N2O2S/c1-17-12-14-19(15-13-17)28(26,27)25(2)23-21(16-18-8-4-3-5-9-18)20-10-6-7-11-22(20)24-23/h3-16H,1-2H3/b21-16+. The molecule has 4 nitrogen and oxygen atoms in total. The van der Waals surface area contributed by atoms with Crippen molar-refractivity contribution >= 4 is 33.2 Å². The second kappa shape index (κ2) is 7.09. The first-order valence-electron chi connectivity index (χ1n) is 8.97. The SMILES string of the molecule is Cc1ccc(S(=O)(=O)N(C)C2=Nc3ccccc3/C2=C\c2ccccc2)cc1. The van der Waals surface area contributed by atoms with Crippen LogP contribution in [0, 0.1) is 6.92 Å². The van der Waals surface area contributed by atoms with Gasteiger partial charge in [0.15, 0.2) is 5.84 Å². The maximum Gasteiger partial charge on any atom is 0.265 e. The molecule has 0 bridgehead atoms. The van der Waals surface area contributed by atoms with Gasteiger partial charge in [0.05, 0.1) is 10.6 Å². The van der Waals surface area contributed by atoms with Gasteiger partial charge < -0.3 is 0 Å². The minimum absolute atomic E-state index is 0.248. The molecule has 0 amide bonds. The Kier molecular flexibility index (Phi) is 4.61. The molecule has 5 heteroatoms. The van der Waals surface area contributed by atoms with Crippen molar-refractivity contribution in [3.05, 3.63) is 95.6 Å². The van der Waals surface area contributed by atoms with Crippen molar-refractivity contribution in [2.75, 3.05) is 7.05 Å². The first-order valence-corrected chi connectivity index (χ1v) is 10.4. The summed E-state index contributed by atoms with van der Waals surface area (Å²) in [5.41, 5.74) is 4.48. The first kappa shape index (κ1) is 18.2. The Bertz CT molecular complexity index is 1180. The van der Waals surface area contributed by atoms with Gasteiger partial charge in [-0.1, -0.05) is 66.2 Å². The molecule has 0 aromatic heterocycles. The molecular weight excluding hydrogens is 368 g/mol. The third-order valence-corrected chi connectivity index (χ3v) is 6.51. The predicted molar refractivity (Wildman–Crippen MR) is 114 cm³/mol. The maximum absolute atomic E-state index is 13.2. The average molecular weight is 388 g/mol. The highest BCUT2D eigenvalue weighted by Crippen LogP contribution is 2.37. The van der Waals surface area contributed by atoms with E-state index in [4.69, 9.17) is 0 Å². The number of hydrogen-bond acceptors (Lipinski definition) is 3. The summed E-state index contributed by atoms with van der Waals surface area (Å²) in [5, 5.41) is 0. The Morgan fingerprint density at radius 2 is 1.50 bits per heavy atom. The normalized spacial score (nSPS) is 14.6. The van der Waals surface area contributed by atoms with Crippen molar-refractivity contribution < 1.29 is 8.42 Å². The Hall–Kier alpha value is -3.18. The van der Waals surface area contributed by atoms with Crippen molar-refractivity contribution in [1.29, 1.82) is 0 Å². The fraction of sp³-hybridized carbons (Fsp3) is 0.0870. The molecular formula is C23H20N2O2S. The van der Waals surface area contributed by atoms with E-state index in [1.807, 2.05) is 67.6 Å². The molecule has 3 aromatic rings. The smallest absolute Gasteiger partial charge is 0.252 e. The molecule has 0 fully saturated rings. The number of hydrogen-bond donors (Lipinski definition) is 0. The monoisotopic (exact) mass is 388 g/mol. The van der Waals surface area contributed by atoms with Crippen molar-refractivity contribution in [3.8, 4) is 0 Å². The molecule has 1 heterocycles. The number of aliphatic imine (C=N–C) groups is 1. The molecule has 28 heavy (non-hydrogen) atoms. The highest BCUT2D eigenvalue weighted by molar-refractivity contribution is 7.89. The van der Waals surface area contributed by atoms with E-state index >= 15 is 0 Å². The summed E-state index contributed by atoms with van der Waals surface area (Å²) < 4.78 is 27.7. The molecule has 0 aliphatic carbocycles. The quantitative estimate of drug-likeness (QED) is 0.641. The molecule has 0 atom stereocenters. The van der Waals surface area contributed by atoms with Crippen LogP contribution in [0.2, 0.25) is 0 Å². The minimum Gasteiger partial charge on any atom is -0.252 e. The Labute approximate surface area is 165 Å². The summed E-state index contributed by atoms with van der Waals surface area (Å²) in [6, 6.07) is 24.4. The number of aryl methyl sites for hydroxylation is 1. The number of rotatable bonds is 3. The molecule has 1 aliphatic heterocycles. The fourth-order valence-electron chi connectivity index (χ4n) is 3.17. The van der Waals surface area contributed by atoms with Crippen LogP contribution < -0.4 is 0 Å². The first-order chi connectivity index (χ1) is 13.5. The molecule has 140 valence electrons. The molecule has 0 saturated heterocycles. The van der Waals surface area contributed by atoms with Gasteiger partial charge in [0.2, 0.25) is 0 Å². The summed E-state index contributed by atoms with van der Waals surface area (Å²) in [6.45, 7) is 1.93. The maximum atomic E-state index is 13.2. The van der Waals surface area contributed by atoms with Crippen LogP contribution in [0.1, 0.15) is 16.7 Å². The van der Waals surface area contributed by atoms with Crippen LogP contribution in [-0.2, 0) is 10.0 Å². The van der Waals surface area contributed by atoms with E-state index < -0.39 is 10.0 Å². The van der Waals surface area contributed by atoms with Crippen LogP contribution in [0.5, 0.6) is 0 Å². The average Bonchev–Trinajstić information content (AvgIpc) is 3.07. The van der Waals surface area contributed by atoms with Crippen LogP contribution in [0.15, 0.2) is 88.8 Å². The van der Waals surface area contributed by atoms with Gasteiger partial charge in [0, 0.05) is 18.2 Å². The summed E-state index contributed by atoms with van der Waals surface area (Å²) in [4.78, 5) is 4.88. The zero-order valence-corrected chi connectivity index (χ0v) is 16.5. The van der Waals surface area contributed by atoms with E-state index in [2.05, 4.69) is 4.99 Å². The van der Waals surface area contributed by atoms with Crippen LogP contribution in [0.3, 0.4) is 0 Å². The highest BCUT2D eigenvalue weighted by atomic mass is 32.2. The second-order valence-corrected chi connectivity index (χ2v) is 8.68. The van der Waals surface area contributed by atoms with E-state index in [0.717, 1.165) is 28.0 Å². The molecule has 3 aromatic carbocycles. The van der Waals surface area contributed by atoms with Gasteiger partial charge in [-0.15, -0.1) is 0 Å². The van der Waals surface area contributed by atoms with Gasteiger partial charge >= 0.3 is 0 Å². The number of likely N-dealkylation sites (N-methyl/N-ethyl adjacent to an activating group) is 1. The number of nitrogens with zero attached hydrogens (tertiary/aromatic N) is 2. The lowest BCUT2D eigenvalue weighted by molar-refractivity contribution is 0.554. The van der Waals surface area contributed by atoms with Gasteiger partial charge in [-0.05, 0) is 36.8 Å². The largest absolute Gasteiger partial charge is 0.265 e. The number of benzene rings is 3. The molecule has 0 spiro atoms. The van der Waals surface area contributed by atoms with Gasteiger partial charge in [-0.3, -0.25) is 4.31 Å². The van der Waals surface area contributed by atoms with E-state index in [1.54, 1.807) is 31.3 Å². The number of fused-ring (bicyclic) bond motifs is 1. The summed E-state index contributed by atoms with van der Waals surface area (Å²) in [7, 11) is -2.17. The van der Waals surface area contributed by atoms with E-state index in [-0.39, 0.29) is 4.90 Å². The molecule has 4 rings (SSSR count). The molecule has 0 saturated carbocycles. The Morgan fingerprint density at radius 1 is 0.857 bits per heavy atom. The van der Waals surface area contributed by atoms with Crippen LogP contribution in [0.4, 0.5) is 5.69 Å². The zero-order chi connectivity index (χ0) is 19.7. The Morgan fingerprint density at radius 3 is 2.21 bits per heavy atom. The van der Waals surface area contributed by atoms with Crippen molar-refractivity contribution in [3.63, 3.8) is 0 Å². The molecule has 0 unspecified atom stereocenters. The lowest BCUT2D eigenvalue weighted by Crippen LogP contribution is -2.32. The van der Waals surface area contributed by atoms with Gasteiger partial charge in [-0.2, -0.15) is 0 Å². The summed E-state index contributed by atoms with van der Waals surface area (Å²) in [5.74, 6) is 0.422. The summed E-state index contributed by atoms with van der Waals surface area (Å²) >= 11 is 0. The lowest BCUT2D eigenvalue weighted by Gasteiger charge is -2.20. The van der Waals surface area contributed by atoms with Crippen molar-refractivity contribution in [2.45, 2.75) is 11.8 Å². The number of para-hydroxylation sites is 1. The number of sulfonamides is 1. The van der Waals surface area contributed by atoms with E-state index in [9.17, 15) is 8.42 Å². The minimum atomic E-state index is -3.72. The fourth-order valence-corrected chi connectivity index (χ4v) is 4.34. The van der Waals surface area contributed by atoms with E-state index in [0.29, 0.717) is 5.84 Å². The topological polar surface area (TPSA) is 49.7 Å². The van der Waals surface area contributed by atoms with Crippen LogP contribution >= 0.6 is 0 Å². The van der Waals surface area contributed by atoms with Crippen LogP contribution in [-0.4, -0.2) is 25.6 Å². The molecule has 0 radical (unpaired) electrons. The van der Waals surface area contributed by atoms with Gasteiger partial charge in [-0.25, -0.2) is 13.4 Å². The van der Waals surface area contributed by atoms with Crippen molar-refractivity contribution in [1.82, 2.24) is 4.31 Å². The number of amidine groups is 1. The molecule has 1 aliphatic rings. The predicted octanol–water partition coefficient (Wildman–Crippen LogP) is 4.90. The Balaban J connectivity index is 1.81. The third kappa shape index (κ3) is 3.25. The summed E-state index contributed by atoms with van der Waals surface area (Å²) in [6.07, 6.45) is 1.98.